The van der Waals surface area contributed by atoms with E-state index in [2.05, 4.69) is 15.2 Å². The molecule has 3 unspecified atom stereocenters. The van der Waals surface area contributed by atoms with Gasteiger partial charge in [-0.15, -0.1) is 0 Å². The van der Waals surface area contributed by atoms with Crippen LogP contribution in [0, 0.1) is 12.8 Å². The number of aryl methyl sites for hydroxylation is 1. The summed E-state index contributed by atoms with van der Waals surface area (Å²) in [6, 6.07) is 7.44. The third-order valence-corrected chi connectivity index (χ3v) is 6.82. The third kappa shape index (κ3) is 5.46. The fourth-order valence-corrected chi connectivity index (χ4v) is 4.93. The van der Waals surface area contributed by atoms with E-state index in [4.69, 9.17) is 14.2 Å². The minimum atomic E-state index is -4.41. The molecule has 2 amide bonds. The summed E-state index contributed by atoms with van der Waals surface area (Å²) in [5.74, 6) is -0.593. The van der Waals surface area contributed by atoms with Gasteiger partial charge in [0.2, 0.25) is 5.88 Å². The molecule has 9 nitrogen and oxygen atoms in total. The van der Waals surface area contributed by atoms with E-state index in [-0.39, 0.29) is 26.4 Å². The predicted octanol–water partition coefficient (Wildman–Crippen LogP) is 3.06. The molecule has 37 heavy (non-hydrogen) atoms. The Bertz CT molecular complexity index is 1140. The Hall–Kier alpha value is -3.09. The van der Waals surface area contributed by atoms with Crippen LogP contribution in [0.4, 0.5) is 29.5 Å². The topological polar surface area (TPSA) is 96.4 Å². The summed E-state index contributed by atoms with van der Waals surface area (Å²) < 4.78 is 56.2. The van der Waals surface area contributed by atoms with Crippen LogP contribution in [0.15, 0.2) is 30.3 Å². The van der Waals surface area contributed by atoms with Crippen LogP contribution >= 0.6 is 0 Å². The van der Waals surface area contributed by atoms with E-state index >= 15 is 0 Å². The molecule has 1 aromatic carbocycles. The number of aliphatic hydroxyl groups is 1. The third-order valence-electron chi connectivity index (χ3n) is 6.82. The second-order valence-corrected chi connectivity index (χ2v) is 9.27. The number of benzene rings is 1. The Morgan fingerprint density at radius 2 is 1.97 bits per heavy atom. The number of anilines is 2. The Morgan fingerprint density at radius 1 is 1.19 bits per heavy atom. The van der Waals surface area contributed by atoms with E-state index in [1.807, 2.05) is 19.1 Å². The van der Waals surface area contributed by atoms with Gasteiger partial charge in [-0.2, -0.15) is 18.2 Å². The van der Waals surface area contributed by atoms with E-state index < -0.39 is 30.3 Å². The van der Waals surface area contributed by atoms with Crippen molar-refractivity contribution in [2.24, 2.45) is 5.92 Å². The maximum Gasteiger partial charge on any atom is 0.396 e. The van der Waals surface area contributed by atoms with E-state index in [1.165, 1.54) is 4.90 Å². The molecule has 3 atom stereocenters. The molecule has 3 heterocycles. The van der Waals surface area contributed by atoms with Gasteiger partial charge < -0.3 is 34.4 Å². The predicted molar refractivity (Wildman–Crippen MR) is 129 cm³/mol. The van der Waals surface area contributed by atoms with Crippen molar-refractivity contribution in [3.05, 3.63) is 35.9 Å². The summed E-state index contributed by atoms with van der Waals surface area (Å²) in [5, 5.41) is 12.0. The number of morpholine rings is 2. The molecule has 1 aliphatic carbocycles. The van der Waals surface area contributed by atoms with Crippen molar-refractivity contribution < 1.29 is 37.3 Å². The number of rotatable bonds is 6. The molecule has 200 valence electrons. The molecule has 2 aliphatic heterocycles. The largest absolute Gasteiger partial charge is 0.475 e. The van der Waals surface area contributed by atoms with Gasteiger partial charge in [-0.3, -0.25) is 0 Å². The zero-order valence-corrected chi connectivity index (χ0v) is 20.3. The van der Waals surface area contributed by atoms with E-state index in [9.17, 15) is 23.1 Å². The first-order chi connectivity index (χ1) is 17.8. The minimum Gasteiger partial charge on any atom is -0.475 e. The molecule has 1 saturated carbocycles. The Balaban J connectivity index is 1.39. The van der Waals surface area contributed by atoms with Crippen LogP contribution < -0.4 is 15.0 Å². The molecule has 0 bridgehead atoms. The standard InChI is InChI=1S/C25H29F3N4O5/c1-15-2-3-17(29-24(34)32-6-10-37-23-21(22(23)32)25(26,27)28)14-18(15)16-12-19(31-4-8-35-9-5-31)30-20(13-16)36-11-7-33/h2-3,12-14,21-23,33H,4-11H2,1H3,(H,29,34). The number of urea groups is 1. The highest BCUT2D eigenvalue weighted by Gasteiger charge is 2.69. The average Bonchev–Trinajstić information content (AvgIpc) is 3.64. The van der Waals surface area contributed by atoms with Gasteiger partial charge in [0.25, 0.3) is 0 Å². The number of carbonyl (C=O) groups excluding carboxylic acids is 1. The van der Waals surface area contributed by atoms with Crippen LogP contribution in [0.1, 0.15) is 5.56 Å². The molecular formula is C25H29F3N4O5. The van der Waals surface area contributed by atoms with Gasteiger partial charge in [0.1, 0.15) is 18.3 Å². The molecule has 12 heteroatoms. The van der Waals surface area contributed by atoms with Crippen LogP contribution in [0.2, 0.25) is 0 Å². The van der Waals surface area contributed by atoms with Gasteiger partial charge in [0.05, 0.1) is 38.6 Å². The fourth-order valence-electron chi connectivity index (χ4n) is 4.93. The van der Waals surface area contributed by atoms with Gasteiger partial charge in [-0.05, 0) is 41.8 Å². The molecule has 0 spiro atoms. The maximum atomic E-state index is 13.3. The highest BCUT2D eigenvalue weighted by molar-refractivity contribution is 5.91. The monoisotopic (exact) mass is 522 g/mol. The van der Waals surface area contributed by atoms with E-state index in [0.717, 1.165) is 16.7 Å². The number of nitrogens with zero attached hydrogens (tertiary/aromatic N) is 3. The van der Waals surface area contributed by atoms with Gasteiger partial charge in [-0.25, -0.2) is 4.79 Å². The van der Waals surface area contributed by atoms with E-state index in [1.54, 1.807) is 18.2 Å². The first kappa shape index (κ1) is 25.6. The number of amides is 2. The Morgan fingerprint density at radius 3 is 2.70 bits per heavy atom. The molecule has 2 saturated heterocycles. The second kappa shape index (κ2) is 10.3. The summed E-state index contributed by atoms with van der Waals surface area (Å²) in [4.78, 5) is 20.8. The van der Waals surface area contributed by atoms with Crippen molar-refractivity contribution in [1.82, 2.24) is 9.88 Å². The maximum absolute atomic E-state index is 13.3. The first-order valence-electron chi connectivity index (χ1n) is 12.2. The molecule has 2 aromatic rings. The lowest BCUT2D eigenvalue weighted by atomic mass is 10.0. The van der Waals surface area contributed by atoms with Gasteiger partial charge in [-0.1, -0.05) is 6.07 Å². The van der Waals surface area contributed by atoms with Crippen molar-refractivity contribution in [3.8, 4) is 17.0 Å². The number of fused-ring (bicyclic) bond motifs is 1. The number of halogens is 3. The van der Waals surface area contributed by atoms with Crippen LogP contribution in [-0.4, -0.2) is 92.0 Å². The number of pyridine rings is 1. The van der Waals surface area contributed by atoms with Crippen LogP contribution in [0.3, 0.4) is 0 Å². The van der Waals surface area contributed by atoms with Crippen LogP contribution in [0.5, 0.6) is 5.88 Å². The zero-order valence-electron chi connectivity index (χ0n) is 20.3. The first-order valence-corrected chi connectivity index (χ1v) is 12.2. The van der Waals surface area contributed by atoms with Gasteiger partial charge >= 0.3 is 12.2 Å². The fraction of sp³-hybridized carbons (Fsp3) is 0.520. The number of hydrogen-bond acceptors (Lipinski definition) is 7. The number of nitrogens with one attached hydrogen (secondary N) is 1. The Labute approximate surface area is 212 Å². The van der Waals surface area contributed by atoms with E-state index in [0.29, 0.717) is 43.7 Å². The summed E-state index contributed by atoms with van der Waals surface area (Å²) in [5.41, 5.74) is 2.99. The van der Waals surface area contributed by atoms with Crippen molar-refractivity contribution >= 4 is 17.5 Å². The van der Waals surface area contributed by atoms with Crippen LogP contribution in [0.25, 0.3) is 11.1 Å². The van der Waals surface area contributed by atoms with Crippen molar-refractivity contribution in [2.75, 3.05) is 62.9 Å². The van der Waals surface area contributed by atoms with Crippen molar-refractivity contribution in [2.45, 2.75) is 25.2 Å². The van der Waals surface area contributed by atoms with Crippen molar-refractivity contribution in [1.29, 1.82) is 0 Å². The number of aliphatic hydroxyl groups excluding tert-OH is 1. The SMILES string of the molecule is Cc1ccc(NC(=O)N2CCOC3C2C3C(F)(F)F)cc1-c1cc(OCCO)nc(N2CCOCC2)c1. The van der Waals surface area contributed by atoms with Crippen LogP contribution in [-0.2, 0) is 9.47 Å². The summed E-state index contributed by atoms with van der Waals surface area (Å²) in [6.07, 6.45) is -5.41. The number of carbonyl (C=O) groups is 1. The molecule has 1 aromatic heterocycles. The Kier molecular flexibility index (Phi) is 7.15. The molecule has 2 N–H and O–H groups in total. The number of alkyl halides is 3. The molecular weight excluding hydrogens is 493 g/mol. The summed E-state index contributed by atoms with van der Waals surface area (Å²) in [6.45, 7) is 4.53. The van der Waals surface area contributed by atoms with Gasteiger partial charge in [0, 0.05) is 31.4 Å². The molecule has 3 fully saturated rings. The minimum absolute atomic E-state index is 0.0677. The molecule has 3 aliphatic rings. The normalized spacial score (nSPS) is 23.4. The lowest BCUT2D eigenvalue weighted by Crippen LogP contribution is -2.44. The zero-order chi connectivity index (χ0) is 26.2. The number of aromatic nitrogens is 1. The number of hydrogen-bond donors (Lipinski definition) is 2. The summed E-state index contributed by atoms with van der Waals surface area (Å²) in [7, 11) is 0. The highest BCUT2D eigenvalue weighted by atomic mass is 19.4. The van der Waals surface area contributed by atoms with Crippen molar-refractivity contribution in [3.63, 3.8) is 0 Å². The second-order valence-electron chi connectivity index (χ2n) is 9.27. The summed E-state index contributed by atoms with van der Waals surface area (Å²) >= 11 is 0. The lowest BCUT2D eigenvalue weighted by molar-refractivity contribution is -0.157. The lowest BCUT2D eigenvalue weighted by Gasteiger charge is -2.28. The number of ether oxygens (including phenoxy) is 3. The quantitative estimate of drug-likeness (QED) is 0.602. The smallest absolute Gasteiger partial charge is 0.396 e. The molecule has 0 radical (unpaired) electrons. The van der Waals surface area contributed by atoms with Gasteiger partial charge in [0.15, 0.2) is 0 Å². The average molecular weight is 523 g/mol. The molecule has 5 rings (SSSR count). The highest BCUT2D eigenvalue weighted by Crippen LogP contribution is 2.51.